The zero-order chi connectivity index (χ0) is 20.2. The minimum absolute atomic E-state index is 0.0534. The lowest BCUT2D eigenvalue weighted by Crippen LogP contribution is -2.41. The highest BCUT2D eigenvalue weighted by molar-refractivity contribution is 7.22. The number of carbonyl (C=O) groups excluding carboxylic acids is 1. The minimum atomic E-state index is -0.636. The summed E-state index contributed by atoms with van der Waals surface area (Å²) in [5.74, 6) is 0.257. The molecule has 29 heavy (non-hydrogen) atoms. The van der Waals surface area contributed by atoms with Crippen LogP contribution in [-0.2, 0) is 0 Å². The molecule has 3 saturated carbocycles. The van der Waals surface area contributed by atoms with E-state index in [9.17, 15) is 9.90 Å². The average Bonchev–Trinajstić information content (AvgIpc) is 3.60. The largest absolute Gasteiger partial charge is 0.390 e. The van der Waals surface area contributed by atoms with Crippen LogP contribution in [0.15, 0.2) is 12.3 Å². The second-order valence-electron chi connectivity index (χ2n) is 9.59. The maximum atomic E-state index is 12.8. The number of anilines is 1. The van der Waals surface area contributed by atoms with E-state index in [1.54, 1.807) is 17.5 Å². The molecule has 0 aromatic carbocycles. The van der Waals surface area contributed by atoms with Crippen LogP contribution in [0.3, 0.4) is 0 Å². The second-order valence-corrected chi connectivity index (χ2v) is 10.6. The summed E-state index contributed by atoms with van der Waals surface area (Å²) in [6, 6.07) is 3.43. The van der Waals surface area contributed by atoms with Crippen molar-refractivity contribution in [1.82, 2.24) is 15.3 Å². The molecule has 0 aliphatic heterocycles. The van der Waals surface area contributed by atoms with Crippen LogP contribution in [0, 0.1) is 5.92 Å². The van der Waals surface area contributed by atoms with Crippen LogP contribution in [0.1, 0.15) is 75.6 Å². The van der Waals surface area contributed by atoms with Crippen LogP contribution in [0.25, 0.3) is 10.3 Å². The van der Waals surface area contributed by atoms with Crippen LogP contribution in [0.4, 0.5) is 5.13 Å². The highest BCUT2D eigenvalue weighted by Gasteiger charge is 2.40. The Kier molecular flexibility index (Phi) is 4.78. The smallest absolute Gasteiger partial charge is 0.253 e. The fourth-order valence-corrected chi connectivity index (χ4v) is 5.68. The van der Waals surface area contributed by atoms with Gasteiger partial charge in [-0.05, 0) is 77.2 Å². The first-order valence-corrected chi connectivity index (χ1v) is 11.8. The summed E-state index contributed by atoms with van der Waals surface area (Å²) in [5, 5.41) is 14.4. The second kappa shape index (κ2) is 7.20. The number of aromatic nitrogens is 2. The van der Waals surface area contributed by atoms with Gasteiger partial charge in [0, 0.05) is 24.3 Å². The normalized spacial score (nSPS) is 25.2. The van der Waals surface area contributed by atoms with Gasteiger partial charge in [-0.15, -0.1) is 0 Å². The molecular weight excluding hydrogens is 384 g/mol. The van der Waals surface area contributed by atoms with Crippen molar-refractivity contribution in [3.63, 3.8) is 0 Å². The van der Waals surface area contributed by atoms with Crippen molar-refractivity contribution >= 4 is 32.7 Å². The molecule has 0 atom stereocenters. The molecule has 2 heterocycles. The molecule has 2 aromatic heterocycles. The number of thiazole rings is 1. The SMILES string of the molecule is CC(C)(O)[C@H]1CC[C@H](NC(=O)c2cnc3nc(N(C4CC4)C4CC4)sc3c2)CC1. The van der Waals surface area contributed by atoms with E-state index in [1.165, 1.54) is 25.7 Å². The lowest BCUT2D eigenvalue weighted by molar-refractivity contribution is -0.00257. The predicted octanol–water partition coefficient (Wildman–Crippen LogP) is 3.88. The maximum absolute atomic E-state index is 12.8. The molecule has 2 aromatic rings. The number of nitrogens with zero attached hydrogens (tertiary/aromatic N) is 3. The van der Waals surface area contributed by atoms with Crippen LogP contribution in [-0.4, -0.2) is 44.7 Å². The van der Waals surface area contributed by atoms with Crippen LogP contribution < -0.4 is 10.2 Å². The molecule has 6 nitrogen and oxygen atoms in total. The molecule has 0 spiro atoms. The molecule has 0 radical (unpaired) electrons. The molecule has 7 heteroatoms. The Hall–Kier alpha value is -1.73. The maximum Gasteiger partial charge on any atom is 0.253 e. The van der Waals surface area contributed by atoms with E-state index in [2.05, 4.69) is 15.2 Å². The van der Waals surface area contributed by atoms with Crippen molar-refractivity contribution in [3.8, 4) is 0 Å². The number of fused-ring (bicyclic) bond motifs is 1. The predicted molar refractivity (Wildman–Crippen MR) is 115 cm³/mol. The monoisotopic (exact) mass is 414 g/mol. The van der Waals surface area contributed by atoms with Crippen molar-refractivity contribution in [2.75, 3.05) is 4.90 Å². The lowest BCUT2D eigenvalue weighted by atomic mass is 9.77. The third-order valence-corrected chi connectivity index (χ3v) is 7.67. The summed E-state index contributed by atoms with van der Waals surface area (Å²) in [4.78, 5) is 24.5. The third kappa shape index (κ3) is 4.12. The van der Waals surface area contributed by atoms with E-state index in [-0.39, 0.29) is 11.9 Å². The Balaban J connectivity index is 1.26. The number of pyridine rings is 1. The van der Waals surface area contributed by atoms with E-state index < -0.39 is 5.60 Å². The number of hydrogen-bond acceptors (Lipinski definition) is 6. The number of hydrogen-bond donors (Lipinski definition) is 2. The Morgan fingerprint density at radius 1 is 1.14 bits per heavy atom. The summed E-state index contributed by atoms with van der Waals surface area (Å²) in [6.45, 7) is 3.77. The van der Waals surface area contributed by atoms with Crippen LogP contribution in [0.5, 0.6) is 0 Å². The zero-order valence-corrected chi connectivity index (χ0v) is 18.0. The fraction of sp³-hybridized carbons (Fsp3) is 0.682. The summed E-state index contributed by atoms with van der Waals surface area (Å²) >= 11 is 1.67. The highest BCUT2D eigenvalue weighted by atomic mass is 32.1. The number of amides is 1. The summed E-state index contributed by atoms with van der Waals surface area (Å²) in [5.41, 5.74) is 0.725. The van der Waals surface area contributed by atoms with Crippen molar-refractivity contribution in [3.05, 3.63) is 17.8 Å². The number of rotatable bonds is 6. The topological polar surface area (TPSA) is 78.3 Å². The summed E-state index contributed by atoms with van der Waals surface area (Å²) < 4.78 is 0.990. The van der Waals surface area contributed by atoms with E-state index in [0.29, 0.717) is 23.6 Å². The van der Waals surface area contributed by atoms with Gasteiger partial charge in [0.2, 0.25) is 0 Å². The number of carbonyl (C=O) groups is 1. The van der Waals surface area contributed by atoms with Gasteiger partial charge in [0.1, 0.15) is 0 Å². The molecule has 3 fully saturated rings. The van der Waals surface area contributed by atoms with E-state index in [0.717, 1.165) is 41.2 Å². The fourth-order valence-electron chi connectivity index (χ4n) is 4.57. The molecule has 1 amide bonds. The van der Waals surface area contributed by atoms with Gasteiger partial charge in [-0.3, -0.25) is 4.79 Å². The molecule has 3 aliphatic rings. The number of aliphatic hydroxyl groups is 1. The zero-order valence-electron chi connectivity index (χ0n) is 17.2. The Morgan fingerprint density at radius 3 is 2.38 bits per heavy atom. The van der Waals surface area contributed by atoms with Crippen molar-refractivity contribution < 1.29 is 9.90 Å². The molecule has 3 aliphatic carbocycles. The molecule has 0 unspecified atom stereocenters. The first-order chi connectivity index (χ1) is 13.9. The minimum Gasteiger partial charge on any atom is -0.390 e. The van der Waals surface area contributed by atoms with Gasteiger partial charge < -0.3 is 15.3 Å². The van der Waals surface area contributed by atoms with Gasteiger partial charge in [-0.1, -0.05) is 11.3 Å². The first-order valence-electron chi connectivity index (χ1n) is 11.0. The van der Waals surface area contributed by atoms with E-state index in [1.807, 2.05) is 19.9 Å². The Morgan fingerprint density at radius 2 is 1.79 bits per heavy atom. The molecule has 2 N–H and O–H groups in total. The average molecular weight is 415 g/mol. The van der Waals surface area contributed by atoms with Gasteiger partial charge in [0.15, 0.2) is 10.8 Å². The van der Waals surface area contributed by atoms with Crippen molar-refractivity contribution in [2.24, 2.45) is 5.92 Å². The van der Waals surface area contributed by atoms with Gasteiger partial charge in [-0.2, -0.15) is 4.98 Å². The van der Waals surface area contributed by atoms with Crippen molar-refractivity contribution in [1.29, 1.82) is 0 Å². The van der Waals surface area contributed by atoms with E-state index in [4.69, 9.17) is 4.98 Å². The Labute approximate surface area is 175 Å². The molecule has 5 rings (SSSR count). The molecule has 0 saturated heterocycles. The quantitative estimate of drug-likeness (QED) is 0.750. The van der Waals surface area contributed by atoms with E-state index >= 15 is 0 Å². The molecule has 0 bridgehead atoms. The standard InChI is InChI=1S/C22H30N4O2S/c1-22(2,28)14-3-5-15(6-4-14)24-20(27)13-11-18-19(23-12-13)25-21(29-18)26(16-7-8-16)17-9-10-17/h11-12,14-17,28H,3-10H2,1-2H3,(H,24,27)/t14-,15-. The van der Waals surface area contributed by atoms with Gasteiger partial charge in [-0.25, -0.2) is 4.98 Å². The van der Waals surface area contributed by atoms with Gasteiger partial charge >= 0.3 is 0 Å². The van der Waals surface area contributed by atoms with Crippen LogP contribution >= 0.6 is 11.3 Å². The number of nitrogens with one attached hydrogen (secondary N) is 1. The molecular formula is C22H30N4O2S. The highest BCUT2D eigenvalue weighted by Crippen LogP contribution is 2.43. The third-order valence-electron chi connectivity index (χ3n) is 6.66. The van der Waals surface area contributed by atoms with Gasteiger partial charge in [0.05, 0.1) is 15.9 Å². The first kappa shape index (κ1) is 19.2. The van der Waals surface area contributed by atoms with Gasteiger partial charge in [0.25, 0.3) is 5.91 Å². The Bertz CT molecular complexity index is 893. The summed E-state index contributed by atoms with van der Waals surface area (Å²) in [7, 11) is 0. The van der Waals surface area contributed by atoms with Crippen LogP contribution in [0.2, 0.25) is 0 Å². The molecule has 156 valence electrons. The summed E-state index contributed by atoms with van der Waals surface area (Å²) in [6.07, 6.45) is 10.4. The lowest BCUT2D eigenvalue weighted by Gasteiger charge is -2.36. The van der Waals surface area contributed by atoms with Crippen molar-refractivity contribution in [2.45, 2.75) is 88.9 Å².